The molecule has 0 saturated carbocycles. The summed E-state index contributed by atoms with van der Waals surface area (Å²) in [5.74, 6) is 2.51. The maximum absolute atomic E-state index is 12.0. The summed E-state index contributed by atoms with van der Waals surface area (Å²) in [5.41, 5.74) is 1.04. The van der Waals surface area contributed by atoms with Crippen LogP contribution in [0.15, 0.2) is 18.3 Å². The van der Waals surface area contributed by atoms with Crippen molar-refractivity contribution in [2.75, 3.05) is 56.2 Å². The van der Waals surface area contributed by atoms with Crippen LogP contribution in [0.5, 0.6) is 0 Å². The molecule has 144 valence electrons. The summed E-state index contributed by atoms with van der Waals surface area (Å²) in [5, 5.41) is 2.98. The lowest BCUT2D eigenvalue weighted by Gasteiger charge is -2.33. The standard InChI is InChI=1S/C19H30N4O2S/c1-22-7-9-23(10-8-22)18-6-5-16(12-20-18)13-21-19(24)15-26-14-17-4-2-3-11-25-17/h5-6,12,17H,2-4,7-11,13-15H2,1H3,(H,21,24). The number of aromatic nitrogens is 1. The molecular formula is C19H30N4O2S. The van der Waals surface area contributed by atoms with Gasteiger partial charge in [0.05, 0.1) is 11.9 Å². The minimum absolute atomic E-state index is 0.0777. The van der Waals surface area contributed by atoms with Crippen molar-refractivity contribution in [1.29, 1.82) is 0 Å². The van der Waals surface area contributed by atoms with Crippen molar-refractivity contribution in [3.8, 4) is 0 Å². The van der Waals surface area contributed by atoms with Gasteiger partial charge in [-0.25, -0.2) is 4.98 Å². The fourth-order valence-electron chi connectivity index (χ4n) is 3.22. The van der Waals surface area contributed by atoms with Crippen LogP contribution in [0.2, 0.25) is 0 Å². The fraction of sp³-hybridized carbons (Fsp3) is 0.684. The van der Waals surface area contributed by atoms with E-state index >= 15 is 0 Å². The number of pyridine rings is 1. The smallest absolute Gasteiger partial charge is 0.230 e. The summed E-state index contributed by atoms with van der Waals surface area (Å²) in [4.78, 5) is 21.2. The molecule has 3 rings (SSSR count). The quantitative estimate of drug-likeness (QED) is 0.780. The first kappa shape index (κ1) is 19.5. The number of nitrogens with one attached hydrogen (secondary N) is 1. The van der Waals surface area contributed by atoms with Crippen LogP contribution in [0.25, 0.3) is 0 Å². The molecule has 0 aromatic carbocycles. The average Bonchev–Trinajstić information content (AvgIpc) is 2.68. The Morgan fingerprint density at radius 2 is 2.15 bits per heavy atom. The van der Waals surface area contributed by atoms with E-state index in [1.165, 1.54) is 12.8 Å². The van der Waals surface area contributed by atoms with Gasteiger partial charge >= 0.3 is 0 Å². The lowest BCUT2D eigenvalue weighted by Crippen LogP contribution is -2.44. The van der Waals surface area contributed by atoms with Crippen molar-refractivity contribution in [3.05, 3.63) is 23.9 Å². The van der Waals surface area contributed by atoms with Gasteiger partial charge in [-0.2, -0.15) is 0 Å². The molecule has 2 fully saturated rings. The first-order valence-electron chi connectivity index (χ1n) is 9.55. The van der Waals surface area contributed by atoms with E-state index in [1.807, 2.05) is 6.20 Å². The minimum atomic E-state index is 0.0777. The number of hydrogen-bond donors (Lipinski definition) is 1. The second kappa shape index (κ2) is 10.1. The molecule has 1 N–H and O–H groups in total. The molecule has 0 radical (unpaired) electrons. The van der Waals surface area contributed by atoms with E-state index in [2.05, 4.69) is 39.3 Å². The summed E-state index contributed by atoms with van der Waals surface area (Å²) in [6, 6.07) is 4.12. The SMILES string of the molecule is CN1CCN(c2ccc(CNC(=O)CSCC3CCCCO3)cn2)CC1. The number of likely N-dealkylation sites (N-methyl/N-ethyl adjacent to an activating group) is 1. The molecular weight excluding hydrogens is 348 g/mol. The van der Waals surface area contributed by atoms with E-state index in [-0.39, 0.29) is 5.91 Å². The average molecular weight is 379 g/mol. The molecule has 1 aromatic heterocycles. The molecule has 26 heavy (non-hydrogen) atoms. The summed E-state index contributed by atoms with van der Waals surface area (Å²) < 4.78 is 5.69. The number of thioether (sulfide) groups is 1. The highest BCUT2D eigenvalue weighted by Crippen LogP contribution is 2.17. The molecule has 1 amide bonds. The summed E-state index contributed by atoms with van der Waals surface area (Å²) in [6.45, 7) is 5.58. The second-order valence-corrected chi connectivity index (χ2v) is 8.13. The molecule has 2 aliphatic rings. The number of hydrogen-bond acceptors (Lipinski definition) is 6. The van der Waals surface area contributed by atoms with Crippen molar-refractivity contribution >= 4 is 23.5 Å². The first-order chi connectivity index (χ1) is 12.7. The largest absolute Gasteiger partial charge is 0.377 e. The van der Waals surface area contributed by atoms with Gasteiger partial charge in [0.1, 0.15) is 5.82 Å². The fourth-order valence-corrected chi connectivity index (χ4v) is 4.15. The number of rotatable bonds is 7. The lowest BCUT2D eigenvalue weighted by molar-refractivity contribution is -0.118. The van der Waals surface area contributed by atoms with Crippen molar-refractivity contribution in [3.63, 3.8) is 0 Å². The third kappa shape index (κ3) is 6.14. The first-order valence-corrected chi connectivity index (χ1v) is 10.7. The Labute approximate surface area is 160 Å². The molecule has 1 aromatic rings. The molecule has 0 bridgehead atoms. The van der Waals surface area contributed by atoms with E-state index < -0.39 is 0 Å². The van der Waals surface area contributed by atoms with Crippen LogP contribution < -0.4 is 10.2 Å². The van der Waals surface area contributed by atoms with Crippen molar-refractivity contribution in [2.45, 2.75) is 31.9 Å². The van der Waals surface area contributed by atoms with Gasteiger partial charge in [0.2, 0.25) is 5.91 Å². The van der Waals surface area contributed by atoms with Gasteiger partial charge in [-0.15, -0.1) is 11.8 Å². The number of ether oxygens (including phenoxy) is 1. The second-order valence-electron chi connectivity index (χ2n) is 7.10. The van der Waals surface area contributed by atoms with E-state index in [0.29, 0.717) is 18.4 Å². The molecule has 0 aliphatic carbocycles. The predicted octanol–water partition coefficient (Wildman–Crippen LogP) is 1.75. The highest BCUT2D eigenvalue weighted by atomic mass is 32.2. The summed E-state index contributed by atoms with van der Waals surface area (Å²) >= 11 is 1.66. The van der Waals surface area contributed by atoms with Gasteiger partial charge in [-0.05, 0) is 37.9 Å². The van der Waals surface area contributed by atoms with Crippen LogP contribution in [-0.4, -0.2) is 73.2 Å². The van der Waals surface area contributed by atoms with Crippen molar-refractivity contribution < 1.29 is 9.53 Å². The van der Waals surface area contributed by atoms with Gasteiger partial charge in [-0.3, -0.25) is 4.79 Å². The van der Waals surface area contributed by atoms with Crippen LogP contribution in [0.4, 0.5) is 5.82 Å². The molecule has 6 nitrogen and oxygen atoms in total. The van der Waals surface area contributed by atoms with E-state index in [1.54, 1.807) is 11.8 Å². The van der Waals surface area contributed by atoms with Crippen LogP contribution in [0, 0.1) is 0 Å². The number of piperazine rings is 1. The Morgan fingerprint density at radius 1 is 1.31 bits per heavy atom. The molecule has 2 saturated heterocycles. The maximum atomic E-state index is 12.0. The highest BCUT2D eigenvalue weighted by Gasteiger charge is 2.16. The minimum Gasteiger partial charge on any atom is -0.377 e. The predicted molar refractivity (Wildman–Crippen MR) is 107 cm³/mol. The Bertz CT molecular complexity index is 555. The van der Waals surface area contributed by atoms with E-state index in [9.17, 15) is 4.79 Å². The van der Waals surface area contributed by atoms with Gasteiger partial charge in [0.25, 0.3) is 0 Å². The van der Waals surface area contributed by atoms with Gasteiger partial charge in [0.15, 0.2) is 0 Å². The number of amides is 1. The topological polar surface area (TPSA) is 57.7 Å². The molecule has 2 aliphatic heterocycles. The van der Waals surface area contributed by atoms with Crippen LogP contribution >= 0.6 is 11.8 Å². The molecule has 0 spiro atoms. The van der Waals surface area contributed by atoms with E-state index in [0.717, 1.165) is 56.3 Å². The Morgan fingerprint density at radius 3 is 2.85 bits per heavy atom. The molecule has 3 heterocycles. The normalized spacial score (nSPS) is 21.6. The number of anilines is 1. The number of carbonyl (C=O) groups is 1. The van der Waals surface area contributed by atoms with Crippen molar-refractivity contribution in [1.82, 2.24) is 15.2 Å². The van der Waals surface area contributed by atoms with Gasteiger partial charge < -0.3 is 19.9 Å². The molecule has 1 unspecified atom stereocenters. The third-order valence-electron chi connectivity index (χ3n) is 4.94. The van der Waals surface area contributed by atoms with Gasteiger partial charge in [0, 0.05) is 51.3 Å². The Balaban J connectivity index is 1.34. The zero-order valence-corrected chi connectivity index (χ0v) is 16.5. The number of carbonyl (C=O) groups excluding carboxylic acids is 1. The third-order valence-corrected chi connectivity index (χ3v) is 6.01. The lowest BCUT2D eigenvalue weighted by atomic mass is 10.1. The van der Waals surface area contributed by atoms with Crippen LogP contribution in [-0.2, 0) is 16.1 Å². The monoisotopic (exact) mass is 378 g/mol. The zero-order chi connectivity index (χ0) is 18.2. The Hall–Kier alpha value is -1.31. The van der Waals surface area contributed by atoms with Crippen LogP contribution in [0.3, 0.4) is 0 Å². The zero-order valence-electron chi connectivity index (χ0n) is 15.7. The molecule has 7 heteroatoms. The van der Waals surface area contributed by atoms with Crippen LogP contribution in [0.1, 0.15) is 24.8 Å². The highest BCUT2D eigenvalue weighted by molar-refractivity contribution is 7.99. The van der Waals surface area contributed by atoms with Gasteiger partial charge in [-0.1, -0.05) is 6.07 Å². The molecule has 1 atom stereocenters. The Kier molecular flexibility index (Phi) is 7.58. The number of nitrogens with zero attached hydrogens (tertiary/aromatic N) is 3. The summed E-state index contributed by atoms with van der Waals surface area (Å²) in [7, 11) is 2.15. The van der Waals surface area contributed by atoms with E-state index in [4.69, 9.17) is 4.74 Å². The van der Waals surface area contributed by atoms with Crippen molar-refractivity contribution in [2.24, 2.45) is 0 Å². The maximum Gasteiger partial charge on any atom is 0.230 e. The summed E-state index contributed by atoms with van der Waals surface area (Å²) in [6.07, 6.45) is 5.74.